The van der Waals surface area contributed by atoms with Gasteiger partial charge in [0, 0.05) is 41.8 Å². The minimum Gasteiger partial charge on any atom is -0.458 e. The number of carbonyl (C=O) groups is 2. The van der Waals surface area contributed by atoms with E-state index < -0.39 is 34.3 Å². The third-order valence-corrected chi connectivity index (χ3v) is 23.0. The van der Waals surface area contributed by atoms with Crippen molar-refractivity contribution in [1.29, 1.82) is 0 Å². The highest BCUT2D eigenvalue weighted by Crippen LogP contribution is 2.42. The number of rotatable bonds is 14. The molecule has 2 aliphatic heterocycles. The predicted octanol–water partition coefficient (Wildman–Crippen LogP) is 9.42. The minimum atomic E-state index is -2.23. The van der Waals surface area contributed by atoms with Crippen LogP contribution in [0.5, 0.6) is 0 Å². The van der Waals surface area contributed by atoms with Crippen molar-refractivity contribution in [3.63, 3.8) is 0 Å². The predicted molar refractivity (Wildman–Crippen MR) is 216 cm³/mol. The molecular formula is C40H72N2O6SSi2. The van der Waals surface area contributed by atoms with Crippen molar-refractivity contribution < 1.29 is 28.3 Å². The second kappa shape index (κ2) is 19.4. The maximum Gasteiger partial charge on any atom is 0.309 e. The maximum atomic E-state index is 15.0. The summed E-state index contributed by atoms with van der Waals surface area (Å²) in [5.74, 6) is -0.362. The first kappa shape index (κ1) is 44.2. The van der Waals surface area contributed by atoms with E-state index in [1.165, 1.54) is 0 Å². The second-order valence-electron chi connectivity index (χ2n) is 16.2. The normalized spacial score (nSPS) is 30.2. The molecule has 0 saturated carbocycles. The van der Waals surface area contributed by atoms with Gasteiger partial charge in [0.1, 0.15) is 11.9 Å². The van der Waals surface area contributed by atoms with Crippen molar-refractivity contribution in [2.24, 2.45) is 17.3 Å². The number of nitrogens with zero attached hydrogens (tertiary/aromatic N) is 2. The summed E-state index contributed by atoms with van der Waals surface area (Å²) in [6.45, 7) is 26.4. The zero-order chi connectivity index (χ0) is 38.1. The Hall–Kier alpha value is -1.22. The molecule has 0 aliphatic carbocycles. The van der Waals surface area contributed by atoms with Crippen molar-refractivity contribution in [1.82, 2.24) is 9.88 Å². The number of fused-ring (bicyclic) bond motifs is 1. The van der Waals surface area contributed by atoms with Crippen LogP contribution in [0.15, 0.2) is 11.0 Å². The molecule has 1 N–H and O–H groups in total. The SMILES string of the molecule is CC[Si](CC)(CC)O[C@H]1[C@@H](C)CCC[C@@H]2C(CC(/C(C)=C/c3csc(C)n3)OC(=O)C[C@H](O[Si](CC)(CC)CC)C(C)(C)C(=O)[C@@H]1C)[N@]2CCO. The number of carbonyl (C=O) groups excluding carboxylic acids is 2. The highest BCUT2D eigenvalue weighted by atomic mass is 32.1. The standard InChI is InChI=1S/C40H72N2O6SSi2/c1-13-50(14-2,15-3)47-36-26-37(44)46-35(29(8)24-32-27-49-31(10)41-32)25-34-33(42(34)22-23-43)21-19-20-28(7)38(30(9)39(45)40(36,11)12)48-51(16-4,17-5)18-6/h24,27-28,30,33-36,38,43H,13-23,25-26H2,1-12H3/b29-24+/t28-,30+,33+,34?,35?,36-,38-,42+/m0/s1. The lowest BCUT2D eigenvalue weighted by Crippen LogP contribution is -2.53. The summed E-state index contributed by atoms with van der Waals surface area (Å²) < 4.78 is 20.9. The lowest BCUT2D eigenvalue weighted by Gasteiger charge is -2.44. The summed E-state index contributed by atoms with van der Waals surface area (Å²) in [5.41, 5.74) is 0.896. The van der Waals surface area contributed by atoms with Crippen LogP contribution in [0.25, 0.3) is 6.08 Å². The molecular weight excluding hydrogens is 693 g/mol. The number of esters is 1. The van der Waals surface area contributed by atoms with Crippen LogP contribution in [0, 0.1) is 24.2 Å². The number of aliphatic hydroxyl groups excluding tert-OH is 1. The topological polar surface area (TPSA) is 98.0 Å². The molecule has 0 spiro atoms. The van der Waals surface area contributed by atoms with E-state index in [1.807, 2.05) is 39.2 Å². The summed E-state index contributed by atoms with van der Waals surface area (Å²) in [6.07, 6.45) is 4.45. The molecule has 0 aromatic carbocycles. The molecule has 2 saturated heterocycles. The van der Waals surface area contributed by atoms with Gasteiger partial charge in [-0.2, -0.15) is 0 Å². The van der Waals surface area contributed by atoms with Gasteiger partial charge < -0.3 is 18.7 Å². The van der Waals surface area contributed by atoms with Crippen molar-refractivity contribution in [2.45, 2.75) is 182 Å². The lowest BCUT2D eigenvalue weighted by atomic mass is 9.73. The lowest BCUT2D eigenvalue weighted by molar-refractivity contribution is -0.153. The Kier molecular flexibility index (Phi) is 16.8. The van der Waals surface area contributed by atoms with Gasteiger partial charge >= 0.3 is 5.97 Å². The average Bonchev–Trinajstić information content (AvgIpc) is 3.57. The summed E-state index contributed by atoms with van der Waals surface area (Å²) in [7, 11) is -4.27. The summed E-state index contributed by atoms with van der Waals surface area (Å²) in [5, 5.41) is 13.0. The highest BCUT2D eigenvalue weighted by molar-refractivity contribution is 7.09. The number of Topliss-reactive ketones (excluding diaryl/α,β-unsaturated/α-hetero) is 1. The van der Waals surface area contributed by atoms with E-state index in [0.29, 0.717) is 19.0 Å². The van der Waals surface area contributed by atoms with Crippen LogP contribution in [0.3, 0.4) is 0 Å². The van der Waals surface area contributed by atoms with Gasteiger partial charge in [-0.15, -0.1) is 11.3 Å². The van der Waals surface area contributed by atoms with E-state index in [1.54, 1.807) is 11.3 Å². The highest BCUT2D eigenvalue weighted by Gasteiger charge is 2.50. The molecule has 0 radical (unpaired) electrons. The number of thiazole rings is 1. The van der Waals surface area contributed by atoms with Gasteiger partial charge in [0.25, 0.3) is 0 Å². The van der Waals surface area contributed by atoms with Crippen LogP contribution >= 0.6 is 11.3 Å². The molecule has 1 aromatic rings. The zero-order valence-electron chi connectivity index (χ0n) is 34.2. The Morgan fingerprint density at radius 1 is 1.00 bits per heavy atom. The van der Waals surface area contributed by atoms with Crippen molar-refractivity contribution >= 4 is 45.8 Å². The van der Waals surface area contributed by atoms with Gasteiger partial charge in [-0.3, -0.25) is 14.5 Å². The summed E-state index contributed by atoms with van der Waals surface area (Å²) in [6, 6.07) is 6.39. The van der Waals surface area contributed by atoms with E-state index in [-0.39, 0.29) is 48.8 Å². The molecule has 8 nitrogen and oxygen atoms in total. The Labute approximate surface area is 316 Å². The number of hydrogen-bond acceptors (Lipinski definition) is 9. The number of β-amino-alcohol motifs (C(OH)–C–C–N with tert-alkyl or cyclic N) is 1. The monoisotopic (exact) mass is 764 g/mol. The molecule has 51 heavy (non-hydrogen) atoms. The molecule has 0 amide bonds. The Bertz CT molecular complexity index is 1280. The van der Waals surface area contributed by atoms with Crippen LogP contribution in [0.1, 0.15) is 119 Å². The first-order chi connectivity index (χ1) is 24.1. The van der Waals surface area contributed by atoms with E-state index in [0.717, 1.165) is 71.8 Å². The second-order valence-corrected chi connectivity index (χ2v) is 26.7. The smallest absolute Gasteiger partial charge is 0.309 e. The molecule has 2 aliphatic rings. The molecule has 2 unspecified atom stereocenters. The first-order valence-corrected chi connectivity index (χ1v) is 26.1. The Balaban J connectivity index is 2.11. The third-order valence-electron chi connectivity index (χ3n) is 12.9. The fourth-order valence-corrected chi connectivity index (χ4v) is 15.2. The van der Waals surface area contributed by atoms with E-state index in [4.69, 9.17) is 13.6 Å². The number of ether oxygens (including phenoxy) is 1. The minimum absolute atomic E-state index is 0.0207. The molecule has 292 valence electrons. The number of aromatic nitrogens is 1. The fourth-order valence-electron chi connectivity index (χ4n) is 8.62. The molecule has 8 atom stereocenters. The van der Waals surface area contributed by atoms with Crippen molar-refractivity contribution in [3.8, 4) is 0 Å². The van der Waals surface area contributed by atoms with Crippen molar-refractivity contribution in [2.75, 3.05) is 13.2 Å². The van der Waals surface area contributed by atoms with Crippen LogP contribution in [-0.2, 0) is 23.2 Å². The molecule has 0 bridgehead atoms. The maximum absolute atomic E-state index is 15.0. The quantitative estimate of drug-likeness (QED) is 0.114. The Morgan fingerprint density at radius 2 is 1.59 bits per heavy atom. The van der Waals surface area contributed by atoms with E-state index in [2.05, 4.69) is 65.3 Å². The molecule has 3 rings (SSSR count). The van der Waals surface area contributed by atoms with Crippen LogP contribution in [-0.4, -0.2) is 86.9 Å². The number of cyclic esters (lactones) is 1. The van der Waals surface area contributed by atoms with Gasteiger partial charge in [0.05, 0.1) is 35.9 Å². The molecule has 2 fully saturated rings. The number of aliphatic hydroxyl groups is 1. The Morgan fingerprint density at radius 3 is 2.12 bits per heavy atom. The van der Waals surface area contributed by atoms with Gasteiger partial charge in [0.15, 0.2) is 16.6 Å². The summed E-state index contributed by atoms with van der Waals surface area (Å²) >= 11 is 1.60. The largest absolute Gasteiger partial charge is 0.458 e. The molecule has 3 heterocycles. The van der Waals surface area contributed by atoms with E-state index >= 15 is 0 Å². The van der Waals surface area contributed by atoms with Crippen LogP contribution < -0.4 is 0 Å². The zero-order valence-corrected chi connectivity index (χ0v) is 37.0. The number of hydrogen-bond donors (Lipinski definition) is 1. The van der Waals surface area contributed by atoms with Gasteiger partial charge in [-0.05, 0) is 80.5 Å². The molecule has 1 aromatic heterocycles. The number of ketones is 1. The average molecular weight is 765 g/mol. The summed E-state index contributed by atoms with van der Waals surface area (Å²) in [4.78, 5) is 36.2. The van der Waals surface area contributed by atoms with Crippen molar-refractivity contribution in [3.05, 3.63) is 21.7 Å². The van der Waals surface area contributed by atoms with Gasteiger partial charge in [0.2, 0.25) is 0 Å². The molecule has 11 heteroatoms. The van der Waals surface area contributed by atoms with Crippen LogP contribution in [0.4, 0.5) is 0 Å². The third kappa shape index (κ3) is 10.9. The van der Waals surface area contributed by atoms with Gasteiger partial charge in [-0.1, -0.05) is 75.7 Å². The first-order valence-electron chi connectivity index (χ1n) is 20.2. The fraction of sp³-hybridized carbons (Fsp3) is 0.825. The van der Waals surface area contributed by atoms with E-state index in [9.17, 15) is 14.7 Å². The number of aryl methyl sites for hydroxylation is 1. The van der Waals surface area contributed by atoms with Crippen LogP contribution in [0.2, 0.25) is 36.3 Å². The van der Waals surface area contributed by atoms with Gasteiger partial charge in [-0.25, -0.2) is 4.98 Å².